The molecule has 0 aromatic carbocycles. The van der Waals surface area contributed by atoms with Gasteiger partial charge < -0.3 is 10.2 Å². The van der Waals surface area contributed by atoms with E-state index in [0.717, 1.165) is 11.1 Å². The number of Topliss-reactive ketones (excluding diaryl/α,β-unsaturated/α-hetero) is 3. The zero-order valence-electron chi connectivity index (χ0n) is 23.5. The Bertz CT molecular complexity index is 977. The summed E-state index contributed by atoms with van der Waals surface area (Å²) >= 11 is 0. The van der Waals surface area contributed by atoms with Gasteiger partial charge in [-0.05, 0) is 85.0 Å². The van der Waals surface area contributed by atoms with Crippen LogP contribution in [0.25, 0.3) is 0 Å². The number of hydrogen-bond acceptors (Lipinski definition) is 5. The Kier molecular flexibility index (Phi) is 8.18. The van der Waals surface area contributed by atoms with Crippen molar-refractivity contribution in [2.24, 2.45) is 28.1 Å². The lowest BCUT2D eigenvalue weighted by Gasteiger charge is -2.60. The first-order valence-electron chi connectivity index (χ1n) is 12.9. The van der Waals surface area contributed by atoms with Crippen LogP contribution in [0.5, 0.6) is 0 Å². The van der Waals surface area contributed by atoms with Crippen LogP contribution in [0.15, 0.2) is 34.6 Å². The van der Waals surface area contributed by atoms with Crippen LogP contribution in [0, 0.1) is 28.1 Å². The molecule has 3 atom stereocenters. The summed E-state index contributed by atoms with van der Waals surface area (Å²) in [4.78, 5) is 43.0. The molecular weight excluding hydrogens is 440 g/mol. The van der Waals surface area contributed by atoms with E-state index in [9.17, 15) is 24.6 Å². The van der Waals surface area contributed by atoms with Gasteiger partial charge in [0.15, 0.2) is 22.8 Å². The summed E-state index contributed by atoms with van der Waals surface area (Å²) in [6, 6.07) is 0. The van der Waals surface area contributed by atoms with Crippen LogP contribution < -0.4 is 0 Å². The van der Waals surface area contributed by atoms with E-state index in [1.165, 1.54) is 0 Å². The fraction of sp³-hybridized carbons (Fsp3) is 0.700. The highest BCUT2D eigenvalue weighted by Crippen LogP contribution is 2.66. The second kappa shape index (κ2) is 9.80. The fourth-order valence-electron chi connectivity index (χ4n) is 6.03. The van der Waals surface area contributed by atoms with E-state index in [-0.39, 0.29) is 42.3 Å². The van der Waals surface area contributed by atoms with Crippen molar-refractivity contribution in [2.45, 2.75) is 107 Å². The third-order valence-electron chi connectivity index (χ3n) is 8.29. The number of fused-ring (bicyclic) bond motifs is 2. The lowest BCUT2D eigenvalue weighted by atomic mass is 9.39. The number of carbonyl (C=O) groups is 3. The number of allylic oxidation sites excluding steroid dienone is 6. The second-order valence-electron chi connectivity index (χ2n) is 12.8. The molecule has 2 rings (SSSR count). The Hall–Kier alpha value is -2.01. The maximum Gasteiger partial charge on any atom is 0.184 e. The monoisotopic (exact) mass is 486 g/mol. The summed E-state index contributed by atoms with van der Waals surface area (Å²) in [5, 5.41) is 22.2. The summed E-state index contributed by atoms with van der Waals surface area (Å²) in [6.07, 6.45) is 5.50. The van der Waals surface area contributed by atoms with E-state index in [1.807, 2.05) is 47.6 Å². The Labute approximate surface area is 211 Å². The Morgan fingerprint density at radius 3 is 2.09 bits per heavy atom. The molecule has 0 heterocycles. The van der Waals surface area contributed by atoms with Crippen molar-refractivity contribution < 1.29 is 24.6 Å². The standard InChI is InChI=1S/C30H46O5/c1-18(2)11-13-21-17-29(16-15-27(7,8)35)24(32)22(14-12-19(3)4)25(33)30(26(29)34,28(21,9)10)23(31)20(5)6/h11-12,20-21,32,35H,13-17H2,1-10H3/t21-,29-,30-/m1/s1. The highest BCUT2D eigenvalue weighted by Gasteiger charge is 2.75. The van der Waals surface area contributed by atoms with Crippen LogP contribution in [0.4, 0.5) is 0 Å². The lowest BCUT2D eigenvalue weighted by Crippen LogP contribution is -2.70. The first-order valence-corrected chi connectivity index (χ1v) is 12.9. The van der Waals surface area contributed by atoms with Gasteiger partial charge in [0.2, 0.25) is 0 Å². The molecule has 0 aromatic rings. The van der Waals surface area contributed by atoms with Gasteiger partial charge in [-0.3, -0.25) is 14.4 Å². The van der Waals surface area contributed by atoms with Crippen molar-refractivity contribution in [1.82, 2.24) is 0 Å². The minimum absolute atomic E-state index is 0.171. The van der Waals surface area contributed by atoms with Crippen molar-refractivity contribution in [1.29, 1.82) is 0 Å². The van der Waals surface area contributed by atoms with Gasteiger partial charge in [-0.2, -0.15) is 0 Å². The van der Waals surface area contributed by atoms with Crippen molar-refractivity contribution in [3.8, 4) is 0 Å². The van der Waals surface area contributed by atoms with Crippen LogP contribution in [-0.2, 0) is 14.4 Å². The van der Waals surface area contributed by atoms with Crippen LogP contribution in [0.1, 0.15) is 101 Å². The molecule has 1 fully saturated rings. The maximum absolute atomic E-state index is 14.6. The number of aliphatic hydroxyl groups excluding tert-OH is 1. The van der Waals surface area contributed by atoms with Gasteiger partial charge in [-0.25, -0.2) is 0 Å². The van der Waals surface area contributed by atoms with Crippen LogP contribution >= 0.6 is 0 Å². The lowest BCUT2D eigenvalue weighted by molar-refractivity contribution is -0.178. The first-order chi connectivity index (χ1) is 15.9. The van der Waals surface area contributed by atoms with Crippen LogP contribution in [0.2, 0.25) is 0 Å². The van der Waals surface area contributed by atoms with Crippen LogP contribution in [0.3, 0.4) is 0 Å². The summed E-state index contributed by atoms with van der Waals surface area (Å²) in [6.45, 7) is 18.4. The molecule has 0 unspecified atom stereocenters. The van der Waals surface area contributed by atoms with Gasteiger partial charge in [0.05, 0.1) is 11.0 Å². The molecule has 0 amide bonds. The third-order valence-corrected chi connectivity index (χ3v) is 8.29. The molecule has 196 valence electrons. The van der Waals surface area contributed by atoms with Crippen molar-refractivity contribution >= 4 is 17.3 Å². The highest BCUT2D eigenvalue weighted by molar-refractivity contribution is 6.33. The Morgan fingerprint density at radius 2 is 1.63 bits per heavy atom. The number of carbonyl (C=O) groups excluding carboxylic acids is 3. The molecule has 1 saturated carbocycles. The molecule has 2 aliphatic carbocycles. The number of aliphatic hydroxyl groups is 2. The largest absolute Gasteiger partial charge is 0.511 e. The summed E-state index contributed by atoms with van der Waals surface area (Å²) in [7, 11) is 0. The zero-order valence-corrected chi connectivity index (χ0v) is 23.5. The minimum Gasteiger partial charge on any atom is -0.511 e. The first kappa shape index (κ1) is 29.2. The average Bonchev–Trinajstić information content (AvgIpc) is 2.70. The van der Waals surface area contributed by atoms with E-state index in [4.69, 9.17) is 0 Å². The fourth-order valence-corrected chi connectivity index (χ4v) is 6.03. The normalized spacial score (nSPS) is 28.3. The van der Waals surface area contributed by atoms with Crippen molar-refractivity contribution in [2.75, 3.05) is 0 Å². The average molecular weight is 487 g/mol. The quantitative estimate of drug-likeness (QED) is 0.288. The van der Waals surface area contributed by atoms with Gasteiger partial charge >= 0.3 is 0 Å². The van der Waals surface area contributed by atoms with Gasteiger partial charge in [0.1, 0.15) is 5.76 Å². The molecule has 2 N–H and O–H groups in total. The molecule has 0 radical (unpaired) electrons. The molecule has 5 nitrogen and oxygen atoms in total. The van der Waals surface area contributed by atoms with Gasteiger partial charge in [-0.15, -0.1) is 0 Å². The molecule has 0 aromatic heterocycles. The van der Waals surface area contributed by atoms with Crippen molar-refractivity contribution in [3.63, 3.8) is 0 Å². The molecular formula is C30H46O5. The molecule has 0 saturated heterocycles. The molecule has 5 heteroatoms. The molecule has 0 spiro atoms. The SMILES string of the molecule is CC(C)=CCC1=C(O)[C@@]2(CCC(C)(C)O)C[C@@H](CC=C(C)C)C(C)(C)[C@](C(=O)C(C)C)(C1=O)C2=O. The smallest absolute Gasteiger partial charge is 0.184 e. The Morgan fingerprint density at radius 1 is 1.09 bits per heavy atom. The zero-order chi connectivity index (χ0) is 27.1. The number of rotatable bonds is 9. The predicted molar refractivity (Wildman–Crippen MR) is 140 cm³/mol. The van der Waals surface area contributed by atoms with E-state index < -0.39 is 39.3 Å². The number of ketones is 3. The van der Waals surface area contributed by atoms with Gasteiger partial charge in [0, 0.05) is 11.5 Å². The molecule has 35 heavy (non-hydrogen) atoms. The van der Waals surface area contributed by atoms with Crippen LogP contribution in [-0.4, -0.2) is 33.2 Å². The van der Waals surface area contributed by atoms with E-state index in [2.05, 4.69) is 6.08 Å². The van der Waals surface area contributed by atoms with E-state index in [1.54, 1.807) is 27.7 Å². The van der Waals surface area contributed by atoms with Crippen molar-refractivity contribution in [3.05, 3.63) is 34.6 Å². The summed E-state index contributed by atoms with van der Waals surface area (Å²) in [5.41, 5.74) is -2.98. The maximum atomic E-state index is 14.6. The van der Waals surface area contributed by atoms with E-state index >= 15 is 0 Å². The van der Waals surface area contributed by atoms with Gasteiger partial charge in [-0.1, -0.05) is 51.0 Å². The molecule has 2 aliphatic rings. The van der Waals surface area contributed by atoms with E-state index in [0.29, 0.717) is 12.8 Å². The van der Waals surface area contributed by atoms with Gasteiger partial charge in [0.25, 0.3) is 0 Å². The summed E-state index contributed by atoms with van der Waals surface area (Å²) in [5.74, 6) is -2.29. The topological polar surface area (TPSA) is 91.7 Å². The third kappa shape index (κ3) is 4.85. The highest BCUT2D eigenvalue weighted by atomic mass is 16.3. The molecule has 2 bridgehead atoms. The molecule has 0 aliphatic heterocycles. The number of hydrogen-bond donors (Lipinski definition) is 2. The minimum atomic E-state index is -1.86. The predicted octanol–water partition coefficient (Wildman–Crippen LogP) is 6.46. The Balaban J connectivity index is 2.98. The summed E-state index contributed by atoms with van der Waals surface area (Å²) < 4.78 is 0. The second-order valence-corrected chi connectivity index (χ2v) is 12.8.